The third-order valence-electron chi connectivity index (χ3n) is 3.14. The van der Waals surface area contributed by atoms with Crippen LogP contribution >= 0.6 is 11.3 Å². The summed E-state index contributed by atoms with van der Waals surface area (Å²) in [5.41, 5.74) is 6.78. The lowest BCUT2D eigenvalue weighted by atomic mass is 10.1. The summed E-state index contributed by atoms with van der Waals surface area (Å²) in [6.07, 6.45) is 3.21. The average molecular weight is 261 g/mol. The second-order valence-corrected chi connectivity index (χ2v) is 5.79. The number of hydrogen-bond acceptors (Lipinski definition) is 4. The number of benzene rings is 1. The second-order valence-electron chi connectivity index (χ2n) is 4.76. The van der Waals surface area contributed by atoms with Gasteiger partial charge in [0.05, 0.1) is 16.3 Å². The van der Waals surface area contributed by atoms with E-state index in [1.807, 2.05) is 24.3 Å². The quantitative estimate of drug-likeness (QED) is 0.887. The van der Waals surface area contributed by atoms with Crippen LogP contribution in [0.1, 0.15) is 19.3 Å². The Hall–Kier alpha value is -1.46. The highest BCUT2D eigenvalue weighted by molar-refractivity contribution is 7.22. The van der Waals surface area contributed by atoms with Crippen molar-refractivity contribution in [3.05, 3.63) is 24.3 Å². The van der Waals surface area contributed by atoms with E-state index in [-0.39, 0.29) is 5.91 Å². The molecule has 18 heavy (non-hydrogen) atoms. The highest BCUT2D eigenvalue weighted by atomic mass is 32.1. The Morgan fingerprint density at radius 1 is 1.50 bits per heavy atom. The molecule has 0 aliphatic heterocycles. The number of carbonyl (C=O) groups excluding carboxylic acids is 1. The largest absolute Gasteiger partial charge is 0.320 e. The van der Waals surface area contributed by atoms with Crippen LogP contribution in [0.25, 0.3) is 10.2 Å². The molecule has 0 saturated heterocycles. The molecule has 1 fully saturated rings. The van der Waals surface area contributed by atoms with Crippen molar-refractivity contribution < 1.29 is 4.79 Å². The number of aromatic nitrogens is 1. The van der Waals surface area contributed by atoms with Gasteiger partial charge >= 0.3 is 0 Å². The summed E-state index contributed by atoms with van der Waals surface area (Å²) in [7, 11) is 0. The van der Waals surface area contributed by atoms with Gasteiger partial charge in [-0.25, -0.2) is 4.98 Å². The summed E-state index contributed by atoms with van der Waals surface area (Å²) in [5.74, 6) is 0.530. The van der Waals surface area contributed by atoms with Crippen molar-refractivity contribution in [2.45, 2.75) is 25.3 Å². The van der Waals surface area contributed by atoms with E-state index in [9.17, 15) is 4.79 Å². The summed E-state index contributed by atoms with van der Waals surface area (Å²) in [6.45, 7) is 0. The van der Waals surface area contributed by atoms with Crippen LogP contribution in [0.2, 0.25) is 0 Å². The lowest BCUT2D eigenvalue weighted by molar-refractivity contribution is -0.117. The van der Waals surface area contributed by atoms with E-state index in [1.165, 1.54) is 24.2 Å². The Balaban J connectivity index is 1.69. The number of amides is 1. The zero-order valence-corrected chi connectivity index (χ0v) is 10.7. The number of nitrogens with two attached hydrogens (primary N) is 1. The molecule has 3 rings (SSSR count). The van der Waals surface area contributed by atoms with Crippen molar-refractivity contribution in [3.63, 3.8) is 0 Å². The zero-order chi connectivity index (χ0) is 12.5. The molecular weight excluding hydrogens is 246 g/mol. The zero-order valence-electron chi connectivity index (χ0n) is 9.93. The summed E-state index contributed by atoms with van der Waals surface area (Å²) in [5, 5.41) is 3.44. The van der Waals surface area contributed by atoms with E-state index in [4.69, 9.17) is 5.73 Å². The number of nitrogens with one attached hydrogen (secondary N) is 1. The lowest BCUT2D eigenvalue weighted by Gasteiger charge is -2.09. The van der Waals surface area contributed by atoms with Gasteiger partial charge in [0.2, 0.25) is 5.91 Å². The fourth-order valence-electron chi connectivity index (χ4n) is 1.94. The van der Waals surface area contributed by atoms with E-state index < -0.39 is 6.04 Å². The third kappa shape index (κ3) is 2.52. The fraction of sp³-hybridized carbons (Fsp3) is 0.385. The molecule has 5 heteroatoms. The highest BCUT2D eigenvalue weighted by Crippen LogP contribution is 2.33. The maximum Gasteiger partial charge on any atom is 0.243 e. The highest BCUT2D eigenvalue weighted by Gasteiger charge is 2.27. The molecule has 94 valence electrons. The molecule has 4 nitrogen and oxygen atoms in total. The van der Waals surface area contributed by atoms with E-state index in [2.05, 4.69) is 10.3 Å². The Morgan fingerprint density at radius 2 is 2.28 bits per heavy atom. The van der Waals surface area contributed by atoms with Crippen molar-refractivity contribution in [1.82, 2.24) is 4.98 Å². The maximum absolute atomic E-state index is 11.9. The summed E-state index contributed by atoms with van der Waals surface area (Å²) in [4.78, 5) is 16.2. The Bertz CT molecular complexity index is 543. The minimum atomic E-state index is -0.412. The first-order chi connectivity index (χ1) is 8.72. The van der Waals surface area contributed by atoms with Gasteiger partial charge in [-0.15, -0.1) is 0 Å². The van der Waals surface area contributed by atoms with Gasteiger partial charge in [-0.1, -0.05) is 36.3 Å². The first-order valence-electron chi connectivity index (χ1n) is 6.14. The minimum absolute atomic E-state index is 0.124. The maximum atomic E-state index is 11.9. The van der Waals surface area contributed by atoms with E-state index in [0.29, 0.717) is 11.0 Å². The van der Waals surface area contributed by atoms with Gasteiger partial charge in [0.15, 0.2) is 5.13 Å². The van der Waals surface area contributed by atoms with Crippen LogP contribution in [0.15, 0.2) is 24.3 Å². The number of carbonyl (C=O) groups is 1. The second kappa shape index (κ2) is 4.66. The predicted molar refractivity (Wildman–Crippen MR) is 73.6 cm³/mol. The van der Waals surface area contributed by atoms with Gasteiger partial charge in [0, 0.05) is 0 Å². The molecule has 2 aromatic rings. The number of para-hydroxylation sites is 1. The van der Waals surface area contributed by atoms with Gasteiger partial charge in [-0.3, -0.25) is 4.79 Å². The molecule has 1 atom stereocenters. The molecule has 1 aromatic heterocycles. The van der Waals surface area contributed by atoms with Crippen molar-refractivity contribution in [1.29, 1.82) is 0 Å². The van der Waals surface area contributed by atoms with Crippen LogP contribution in [0, 0.1) is 5.92 Å². The predicted octanol–water partition coefficient (Wildman–Crippen LogP) is 2.36. The number of fused-ring (bicyclic) bond motifs is 1. The third-order valence-corrected chi connectivity index (χ3v) is 4.10. The van der Waals surface area contributed by atoms with E-state index in [0.717, 1.165) is 16.6 Å². The normalized spacial score (nSPS) is 16.7. The van der Waals surface area contributed by atoms with Gasteiger partial charge in [0.1, 0.15) is 0 Å². The molecule has 1 aliphatic rings. The van der Waals surface area contributed by atoms with Crippen molar-refractivity contribution in [2.75, 3.05) is 5.32 Å². The molecule has 1 amide bonds. The number of hydrogen-bond donors (Lipinski definition) is 2. The Morgan fingerprint density at radius 3 is 3.00 bits per heavy atom. The van der Waals surface area contributed by atoms with Crippen LogP contribution < -0.4 is 11.1 Å². The van der Waals surface area contributed by atoms with Crippen LogP contribution in [0.3, 0.4) is 0 Å². The molecule has 1 heterocycles. The van der Waals surface area contributed by atoms with Crippen LogP contribution in [-0.2, 0) is 4.79 Å². The standard InChI is InChI=1S/C13H15N3OS/c14-9(7-8-5-6-8)12(17)16-13-15-10-3-1-2-4-11(10)18-13/h1-4,8-9H,5-7,14H2,(H,15,16,17)/t9-/m0/s1. The molecule has 1 aromatic carbocycles. The molecule has 0 bridgehead atoms. The average Bonchev–Trinajstić information content (AvgIpc) is 3.07. The molecule has 1 saturated carbocycles. The topological polar surface area (TPSA) is 68.0 Å². The van der Waals surface area contributed by atoms with Gasteiger partial charge in [-0.2, -0.15) is 0 Å². The Labute approximate surface area is 109 Å². The smallest absolute Gasteiger partial charge is 0.243 e. The van der Waals surface area contributed by atoms with Crippen LogP contribution in [0.4, 0.5) is 5.13 Å². The lowest BCUT2D eigenvalue weighted by Crippen LogP contribution is -2.35. The van der Waals surface area contributed by atoms with Crippen molar-refractivity contribution in [2.24, 2.45) is 11.7 Å². The number of anilines is 1. The monoisotopic (exact) mass is 261 g/mol. The minimum Gasteiger partial charge on any atom is -0.320 e. The SMILES string of the molecule is N[C@@H](CC1CC1)C(=O)Nc1nc2ccccc2s1. The summed E-state index contributed by atoms with van der Waals surface area (Å²) in [6, 6.07) is 7.42. The van der Waals surface area contributed by atoms with Gasteiger partial charge < -0.3 is 11.1 Å². The fourth-order valence-corrected chi connectivity index (χ4v) is 2.81. The van der Waals surface area contributed by atoms with E-state index in [1.54, 1.807) is 0 Å². The number of thiazole rings is 1. The molecule has 1 aliphatic carbocycles. The Kier molecular flexibility index (Phi) is 3.01. The first kappa shape index (κ1) is 11.6. The number of nitrogens with zero attached hydrogens (tertiary/aromatic N) is 1. The molecular formula is C13H15N3OS. The molecule has 0 radical (unpaired) electrons. The molecule has 0 spiro atoms. The van der Waals surface area contributed by atoms with Gasteiger partial charge in [-0.05, 0) is 24.5 Å². The molecule has 3 N–H and O–H groups in total. The summed E-state index contributed by atoms with van der Waals surface area (Å²) >= 11 is 1.48. The summed E-state index contributed by atoms with van der Waals surface area (Å²) < 4.78 is 1.07. The van der Waals surface area contributed by atoms with Crippen molar-refractivity contribution in [3.8, 4) is 0 Å². The van der Waals surface area contributed by atoms with Crippen LogP contribution in [-0.4, -0.2) is 16.9 Å². The van der Waals surface area contributed by atoms with Crippen LogP contribution in [0.5, 0.6) is 0 Å². The van der Waals surface area contributed by atoms with Gasteiger partial charge in [0.25, 0.3) is 0 Å². The molecule has 0 unspecified atom stereocenters. The van der Waals surface area contributed by atoms with E-state index >= 15 is 0 Å². The van der Waals surface area contributed by atoms with Crippen molar-refractivity contribution >= 4 is 32.6 Å². The first-order valence-corrected chi connectivity index (χ1v) is 6.96. The number of rotatable bonds is 4.